The molecule has 0 aromatic heterocycles. The van der Waals surface area contributed by atoms with E-state index in [1.54, 1.807) is 12.1 Å². The van der Waals surface area contributed by atoms with Gasteiger partial charge in [-0.25, -0.2) is 4.39 Å². The van der Waals surface area contributed by atoms with Gasteiger partial charge in [0.1, 0.15) is 11.6 Å². The molecule has 0 aliphatic rings. The van der Waals surface area contributed by atoms with Crippen molar-refractivity contribution >= 4 is 17.6 Å². The van der Waals surface area contributed by atoms with Crippen molar-refractivity contribution in [2.75, 3.05) is 5.32 Å². The minimum Gasteiger partial charge on any atom is -0.341 e. The summed E-state index contributed by atoms with van der Waals surface area (Å²) < 4.78 is 17.3. The Kier molecular flexibility index (Phi) is 7.45. The number of anilines is 1. The van der Waals surface area contributed by atoms with Crippen molar-refractivity contribution in [2.24, 2.45) is 0 Å². The summed E-state index contributed by atoms with van der Waals surface area (Å²) in [4.78, 5) is 0.829. The summed E-state index contributed by atoms with van der Waals surface area (Å²) in [6.07, 6.45) is 0. The van der Waals surface area contributed by atoms with Crippen molar-refractivity contribution in [3.63, 3.8) is 0 Å². The summed E-state index contributed by atoms with van der Waals surface area (Å²) in [5.41, 5.74) is 5.82. The molecule has 29 heavy (non-hydrogen) atoms. The molecule has 0 radical (unpaired) electrons. The molecule has 0 spiro atoms. The molecule has 0 atom stereocenters. The monoisotopic (exact) mass is 414 g/mol. The Morgan fingerprint density at radius 1 is 0.966 bits per heavy atom. The quantitative estimate of drug-likeness (QED) is 0.451. The lowest BCUT2D eigenvalue weighted by Crippen LogP contribution is -2.15. The van der Waals surface area contributed by atoms with E-state index >= 15 is 0 Å². The number of hydrogen-bond donors (Lipinski definition) is 2. The third-order valence-electron chi connectivity index (χ3n) is 4.89. The molecule has 4 heteroatoms. The van der Waals surface area contributed by atoms with Gasteiger partial charge in [-0.05, 0) is 71.0 Å². The van der Waals surface area contributed by atoms with Crippen LogP contribution in [0.1, 0.15) is 82.6 Å². The Balaban J connectivity index is 2.21. The van der Waals surface area contributed by atoms with E-state index in [1.165, 1.54) is 28.6 Å². The summed E-state index contributed by atoms with van der Waals surface area (Å²) in [5, 5.41) is 3.48. The topological polar surface area (TPSA) is 24.1 Å². The van der Waals surface area contributed by atoms with Crippen LogP contribution < -0.4 is 10.0 Å². The van der Waals surface area contributed by atoms with Crippen LogP contribution in [0.15, 0.2) is 47.6 Å². The molecule has 0 bridgehead atoms. The second kappa shape index (κ2) is 9.25. The van der Waals surface area contributed by atoms with E-state index in [1.807, 2.05) is 6.07 Å². The van der Waals surface area contributed by atoms with Crippen LogP contribution in [0.2, 0.25) is 0 Å². The molecule has 0 heterocycles. The molecule has 2 aromatic rings. The van der Waals surface area contributed by atoms with Crippen LogP contribution >= 0.6 is 11.9 Å². The maximum atomic E-state index is 14.1. The fourth-order valence-corrected chi connectivity index (χ4v) is 3.90. The smallest absolute Gasteiger partial charge is 0.124 e. The highest BCUT2D eigenvalue weighted by Gasteiger charge is 2.17. The summed E-state index contributed by atoms with van der Waals surface area (Å²) in [7, 11) is 0. The zero-order valence-electron chi connectivity index (χ0n) is 19.0. The van der Waals surface area contributed by atoms with Crippen LogP contribution in [-0.4, -0.2) is 0 Å². The molecule has 158 valence electrons. The van der Waals surface area contributed by atoms with Crippen LogP contribution in [-0.2, 0) is 5.41 Å². The van der Waals surface area contributed by atoms with Gasteiger partial charge in [-0.1, -0.05) is 72.7 Å². The van der Waals surface area contributed by atoms with Gasteiger partial charge in [-0.2, -0.15) is 0 Å². The summed E-state index contributed by atoms with van der Waals surface area (Å²) in [6.45, 7) is 21.4. The van der Waals surface area contributed by atoms with Crippen molar-refractivity contribution in [1.29, 1.82) is 0 Å². The fourth-order valence-electron chi connectivity index (χ4n) is 3.25. The highest BCUT2D eigenvalue weighted by atomic mass is 32.2. The van der Waals surface area contributed by atoms with Gasteiger partial charge in [0.25, 0.3) is 0 Å². The van der Waals surface area contributed by atoms with E-state index in [-0.39, 0.29) is 11.2 Å². The molecular weight excluding hydrogens is 379 g/mol. The third kappa shape index (κ3) is 6.27. The van der Waals surface area contributed by atoms with Crippen molar-refractivity contribution in [3.05, 3.63) is 70.8 Å². The second-order valence-corrected chi connectivity index (χ2v) is 10.2. The zero-order chi connectivity index (χ0) is 21.9. The lowest BCUT2D eigenvalue weighted by molar-refractivity contribution is 0.568. The fraction of sp³-hybridized carbons (Fsp3) is 0.440. The first-order valence-corrected chi connectivity index (χ1v) is 11.0. The Hall–Kier alpha value is -1.94. The standard InChI is InChI=1S/C25H35FN2S/c1-15(2)22-10-17(5)11-23(16(3)4)24(22)27-18(6)28-29-21-13-19(25(7,8)9)12-20(26)14-21/h10-16,27-28H,6H2,1-5,7-9H3. The van der Waals surface area contributed by atoms with Crippen LogP contribution in [0.5, 0.6) is 0 Å². The summed E-state index contributed by atoms with van der Waals surface area (Å²) >= 11 is 1.37. The van der Waals surface area contributed by atoms with Crippen molar-refractivity contribution in [1.82, 2.24) is 4.72 Å². The number of benzene rings is 2. The minimum atomic E-state index is -0.219. The molecule has 2 N–H and O–H groups in total. The first-order valence-electron chi connectivity index (χ1n) is 10.2. The number of halogens is 1. The highest BCUT2D eigenvalue weighted by molar-refractivity contribution is 7.97. The molecule has 0 saturated carbocycles. The average Bonchev–Trinajstić information content (AvgIpc) is 2.59. The Morgan fingerprint density at radius 3 is 2.00 bits per heavy atom. The van der Waals surface area contributed by atoms with Crippen molar-refractivity contribution in [3.8, 4) is 0 Å². The largest absolute Gasteiger partial charge is 0.341 e. The van der Waals surface area contributed by atoms with Gasteiger partial charge in [-0.3, -0.25) is 0 Å². The van der Waals surface area contributed by atoms with Gasteiger partial charge in [0.05, 0.1) is 0 Å². The van der Waals surface area contributed by atoms with Crippen molar-refractivity contribution < 1.29 is 4.39 Å². The van der Waals surface area contributed by atoms with Gasteiger partial charge >= 0.3 is 0 Å². The molecule has 0 saturated heterocycles. The van der Waals surface area contributed by atoms with Gasteiger partial charge < -0.3 is 10.0 Å². The maximum absolute atomic E-state index is 14.1. The lowest BCUT2D eigenvalue weighted by Gasteiger charge is -2.23. The molecule has 2 rings (SSSR count). The number of aryl methyl sites for hydroxylation is 1. The zero-order valence-corrected chi connectivity index (χ0v) is 19.9. The van der Waals surface area contributed by atoms with Crippen LogP contribution in [0.25, 0.3) is 0 Å². The third-order valence-corrected chi connectivity index (χ3v) is 5.71. The molecule has 0 aliphatic heterocycles. The van der Waals surface area contributed by atoms with Gasteiger partial charge in [0, 0.05) is 10.6 Å². The normalized spacial score (nSPS) is 11.8. The van der Waals surface area contributed by atoms with E-state index in [4.69, 9.17) is 0 Å². The van der Waals surface area contributed by atoms with Crippen LogP contribution in [0.4, 0.5) is 10.1 Å². The first kappa shape index (κ1) is 23.3. The van der Waals surface area contributed by atoms with Gasteiger partial charge in [-0.15, -0.1) is 0 Å². The average molecular weight is 415 g/mol. The second-order valence-electron chi connectivity index (χ2n) is 9.36. The SMILES string of the molecule is C=C(NSc1cc(F)cc(C(C)(C)C)c1)Nc1c(C(C)C)cc(C)cc1C(C)C. The maximum Gasteiger partial charge on any atom is 0.124 e. The van der Waals surface area contributed by atoms with E-state index in [2.05, 4.69) is 84.1 Å². The first-order chi connectivity index (χ1) is 13.4. The molecule has 2 aromatic carbocycles. The number of nitrogens with one attached hydrogen (secondary N) is 2. The van der Waals surface area contributed by atoms with E-state index < -0.39 is 0 Å². The molecule has 0 fully saturated rings. The Bertz CT molecular complexity index is 850. The molecular formula is C25H35FN2S. The molecule has 0 unspecified atom stereocenters. The molecule has 0 amide bonds. The van der Waals surface area contributed by atoms with Gasteiger partial charge in [0.15, 0.2) is 0 Å². The molecule has 0 aliphatic carbocycles. The Labute approximate surface area is 180 Å². The highest BCUT2D eigenvalue weighted by Crippen LogP contribution is 2.35. The van der Waals surface area contributed by atoms with Crippen LogP contribution in [0, 0.1) is 12.7 Å². The van der Waals surface area contributed by atoms with Crippen molar-refractivity contribution in [2.45, 2.75) is 77.5 Å². The van der Waals surface area contributed by atoms with Crippen LogP contribution in [0.3, 0.4) is 0 Å². The summed E-state index contributed by atoms with van der Waals surface area (Å²) in [5.74, 6) is 1.26. The van der Waals surface area contributed by atoms with E-state index in [9.17, 15) is 4.39 Å². The van der Waals surface area contributed by atoms with E-state index in [0.29, 0.717) is 17.7 Å². The van der Waals surface area contributed by atoms with Gasteiger partial charge in [0.2, 0.25) is 0 Å². The Morgan fingerprint density at radius 2 is 1.52 bits per heavy atom. The molecule has 2 nitrogen and oxygen atoms in total. The predicted octanol–water partition coefficient (Wildman–Crippen LogP) is 7.86. The summed E-state index contributed by atoms with van der Waals surface area (Å²) in [6, 6.07) is 9.65. The lowest BCUT2D eigenvalue weighted by atomic mass is 9.87. The number of hydrogen-bond acceptors (Lipinski definition) is 3. The number of rotatable bonds is 7. The van der Waals surface area contributed by atoms with E-state index in [0.717, 1.165) is 16.1 Å². The minimum absolute atomic E-state index is 0.104. The predicted molar refractivity (Wildman–Crippen MR) is 126 cm³/mol.